The van der Waals surface area contributed by atoms with Crippen molar-refractivity contribution in [1.82, 2.24) is 4.31 Å². The third kappa shape index (κ3) is 6.27. The summed E-state index contributed by atoms with van der Waals surface area (Å²) in [6.45, 7) is 4.22. The fourth-order valence-electron chi connectivity index (χ4n) is 4.21. The lowest BCUT2D eigenvalue weighted by atomic mass is 10.1. The first-order valence-corrected chi connectivity index (χ1v) is 13.6. The quantitative estimate of drug-likeness (QED) is 0.297. The predicted octanol–water partition coefficient (Wildman–Crippen LogP) is 5.44. The minimum Gasteiger partial charge on any atom is -0.369 e. The molecule has 0 unspecified atom stereocenters. The number of rotatable bonds is 9. The summed E-state index contributed by atoms with van der Waals surface area (Å²) < 4.78 is 27.8. The molecule has 6 heteroatoms. The normalized spacial score (nSPS) is 14.9. The van der Waals surface area contributed by atoms with Crippen molar-refractivity contribution >= 4 is 27.6 Å². The van der Waals surface area contributed by atoms with Crippen LogP contribution < -0.4 is 4.90 Å². The lowest BCUT2D eigenvalue weighted by molar-refractivity contribution is 0.104. The molecule has 0 radical (unpaired) electrons. The van der Waals surface area contributed by atoms with Crippen LogP contribution in [0.2, 0.25) is 0 Å². The number of carbonyl (C=O) groups excluding carboxylic acids is 1. The lowest BCUT2D eigenvalue weighted by Crippen LogP contribution is -2.48. The van der Waals surface area contributed by atoms with E-state index in [1.807, 2.05) is 72.8 Å². The van der Waals surface area contributed by atoms with E-state index in [0.29, 0.717) is 36.6 Å². The van der Waals surface area contributed by atoms with Gasteiger partial charge in [0.25, 0.3) is 0 Å². The molecule has 0 aliphatic carbocycles. The molecule has 1 fully saturated rings. The summed E-state index contributed by atoms with van der Waals surface area (Å²) in [5.74, 6) is -0.0444. The zero-order valence-corrected chi connectivity index (χ0v) is 21.0. The number of hydrogen-bond acceptors (Lipinski definition) is 4. The van der Waals surface area contributed by atoms with Crippen LogP contribution in [-0.2, 0) is 16.4 Å². The fraction of sp³-hybridized carbons (Fsp3) is 0.276. The van der Waals surface area contributed by atoms with Gasteiger partial charge in [-0.25, -0.2) is 8.42 Å². The molecular formula is C29H32N2O3S. The maximum absolute atomic E-state index is 13.1. The first-order chi connectivity index (χ1) is 17.0. The molecule has 1 aliphatic rings. The predicted molar refractivity (Wildman–Crippen MR) is 142 cm³/mol. The number of aryl methyl sites for hydroxylation is 1. The Hall–Kier alpha value is -3.22. The minimum absolute atomic E-state index is 0.0444. The van der Waals surface area contributed by atoms with Crippen LogP contribution in [0.5, 0.6) is 0 Å². The Balaban J connectivity index is 1.34. The SMILES string of the molecule is CCCCc1ccc(S(=O)(=O)N2CCN(c3ccc(C(=O)/C=C/c4ccccc4)cc3)CC2)cc1. The third-order valence-corrected chi connectivity index (χ3v) is 8.28. The third-order valence-electron chi connectivity index (χ3n) is 6.36. The van der Waals surface area contributed by atoms with E-state index in [4.69, 9.17) is 0 Å². The van der Waals surface area contributed by atoms with Crippen LogP contribution in [0.3, 0.4) is 0 Å². The number of anilines is 1. The van der Waals surface area contributed by atoms with E-state index in [0.717, 1.165) is 30.5 Å². The average molecular weight is 489 g/mol. The highest BCUT2D eigenvalue weighted by Gasteiger charge is 2.28. The summed E-state index contributed by atoms with van der Waals surface area (Å²) in [7, 11) is -3.50. The van der Waals surface area contributed by atoms with Gasteiger partial charge in [-0.15, -0.1) is 0 Å². The van der Waals surface area contributed by atoms with Crippen molar-refractivity contribution in [3.63, 3.8) is 0 Å². The van der Waals surface area contributed by atoms with Crippen LogP contribution in [0.4, 0.5) is 5.69 Å². The highest BCUT2D eigenvalue weighted by molar-refractivity contribution is 7.89. The fourth-order valence-corrected chi connectivity index (χ4v) is 5.64. The molecular weight excluding hydrogens is 456 g/mol. The van der Waals surface area contributed by atoms with Crippen LogP contribution in [0, 0.1) is 0 Å². The number of hydrogen-bond donors (Lipinski definition) is 0. The molecule has 1 aliphatic heterocycles. The molecule has 0 bridgehead atoms. The molecule has 35 heavy (non-hydrogen) atoms. The maximum Gasteiger partial charge on any atom is 0.243 e. The van der Waals surface area contributed by atoms with Gasteiger partial charge < -0.3 is 4.90 Å². The number of carbonyl (C=O) groups is 1. The first-order valence-electron chi connectivity index (χ1n) is 12.2. The largest absolute Gasteiger partial charge is 0.369 e. The van der Waals surface area contributed by atoms with E-state index in [1.165, 1.54) is 5.56 Å². The van der Waals surface area contributed by atoms with Gasteiger partial charge in [0, 0.05) is 37.4 Å². The van der Waals surface area contributed by atoms with E-state index in [2.05, 4.69) is 11.8 Å². The number of unbranched alkanes of at least 4 members (excludes halogenated alkanes) is 1. The summed E-state index contributed by atoms with van der Waals surface area (Å²) in [5.41, 5.74) is 3.78. The molecule has 3 aromatic rings. The molecule has 0 aromatic heterocycles. The highest BCUT2D eigenvalue weighted by atomic mass is 32.2. The van der Waals surface area contributed by atoms with Gasteiger partial charge in [-0.3, -0.25) is 4.79 Å². The van der Waals surface area contributed by atoms with Crippen molar-refractivity contribution in [3.8, 4) is 0 Å². The van der Waals surface area contributed by atoms with Crippen molar-refractivity contribution in [2.45, 2.75) is 31.1 Å². The number of sulfonamides is 1. The van der Waals surface area contributed by atoms with Crippen LogP contribution >= 0.6 is 0 Å². The molecule has 0 spiro atoms. The summed E-state index contributed by atoms with van der Waals surface area (Å²) in [6.07, 6.45) is 6.60. The van der Waals surface area contributed by atoms with E-state index in [1.54, 1.807) is 22.5 Å². The standard InChI is InChI=1S/C29H32N2O3S/c1-2-3-7-25-10-17-28(18-11-25)35(33,34)31-22-20-30(21-23-31)27-15-13-26(14-16-27)29(32)19-12-24-8-5-4-6-9-24/h4-6,8-19H,2-3,7,20-23H2,1H3/b19-12+. The number of nitrogens with zero attached hydrogens (tertiary/aromatic N) is 2. The van der Waals surface area contributed by atoms with Gasteiger partial charge in [-0.2, -0.15) is 4.31 Å². The van der Waals surface area contributed by atoms with Crippen molar-refractivity contribution in [3.05, 3.63) is 102 Å². The molecule has 4 rings (SSSR count). The van der Waals surface area contributed by atoms with Crippen molar-refractivity contribution < 1.29 is 13.2 Å². The molecule has 0 atom stereocenters. The Bertz CT molecular complexity index is 1240. The maximum atomic E-state index is 13.1. The molecule has 182 valence electrons. The van der Waals surface area contributed by atoms with Gasteiger partial charge in [-0.1, -0.05) is 61.9 Å². The molecule has 0 amide bonds. The second-order valence-electron chi connectivity index (χ2n) is 8.79. The van der Waals surface area contributed by atoms with Crippen molar-refractivity contribution in [2.75, 3.05) is 31.1 Å². The van der Waals surface area contributed by atoms with Crippen LogP contribution in [0.15, 0.2) is 89.8 Å². The Labute approximate surface area is 208 Å². The Morgan fingerprint density at radius 2 is 1.51 bits per heavy atom. The highest BCUT2D eigenvalue weighted by Crippen LogP contribution is 2.22. The average Bonchev–Trinajstić information content (AvgIpc) is 2.91. The number of ketones is 1. The van der Waals surface area contributed by atoms with Crippen molar-refractivity contribution in [2.24, 2.45) is 0 Å². The van der Waals surface area contributed by atoms with E-state index in [-0.39, 0.29) is 5.78 Å². The van der Waals surface area contributed by atoms with Crippen molar-refractivity contribution in [1.29, 1.82) is 0 Å². The van der Waals surface area contributed by atoms with Gasteiger partial charge in [-0.05, 0) is 66.4 Å². The summed E-state index contributed by atoms with van der Waals surface area (Å²) >= 11 is 0. The number of allylic oxidation sites excluding steroid dienone is 1. The van der Waals surface area contributed by atoms with Crippen LogP contribution in [0.1, 0.15) is 41.3 Å². The molecule has 3 aromatic carbocycles. The monoisotopic (exact) mass is 488 g/mol. The lowest BCUT2D eigenvalue weighted by Gasteiger charge is -2.35. The van der Waals surface area contributed by atoms with E-state index in [9.17, 15) is 13.2 Å². The van der Waals surface area contributed by atoms with E-state index >= 15 is 0 Å². The second-order valence-corrected chi connectivity index (χ2v) is 10.7. The van der Waals surface area contributed by atoms with Crippen LogP contribution in [0.25, 0.3) is 6.08 Å². The molecule has 5 nitrogen and oxygen atoms in total. The number of piperazine rings is 1. The van der Waals surface area contributed by atoms with Gasteiger partial charge in [0.2, 0.25) is 10.0 Å². The van der Waals surface area contributed by atoms with E-state index < -0.39 is 10.0 Å². The molecule has 0 saturated carbocycles. The zero-order valence-electron chi connectivity index (χ0n) is 20.1. The molecule has 1 saturated heterocycles. The second kappa shape index (κ2) is 11.5. The topological polar surface area (TPSA) is 57.7 Å². The Kier molecular flexibility index (Phi) is 8.16. The Morgan fingerprint density at radius 1 is 0.857 bits per heavy atom. The first kappa shape index (κ1) is 24.9. The summed E-state index contributed by atoms with van der Waals surface area (Å²) in [4.78, 5) is 15.0. The number of benzene rings is 3. The summed E-state index contributed by atoms with van der Waals surface area (Å²) in [6, 6.07) is 24.6. The Morgan fingerprint density at radius 3 is 2.14 bits per heavy atom. The smallest absolute Gasteiger partial charge is 0.243 e. The van der Waals surface area contributed by atoms with Gasteiger partial charge >= 0.3 is 0 Å². The molecule has 1 heterocycles. The zero-order chi connectivity index (χ0) is 24.7. The molecule has 0 N–H and O–H groups in total. The van der Waals surface area contributed by atoms with Crippen LogP contribution in [-0.4, -0.2) is 44.7 Å². The summed E-state index contributed by atoms with van der Waals surface area (Å²) in [5, 5.41) is 0. The minimum atomic E-state index is -3.50. The van der Waals surface area contributed by atoms with Gasteiger partial charge in [0.05, 0.1) is 4.90 Å². The van der Waals surface area contributed by atoms with Gasteiger partial charge in [0.15, 0.2) is 5.78 Å². The van der Waals surface area contributed by atoms with Gasteiger partial charge in [0.1, 0.15) is 0 Å².